The van der Waals surface area contributed by atoms with Gasteiger partial charge in [-0.05, 0) is 18.6 Å². The van der Waals surface area contributed by atoms with Crippen LogP contribution in [-0.4, -0.2) is 48.3 Å². The summed E-state index contributed by atoms with van der Waals surface area (Å²) in [6.45, 7) is 2.01. The van der Waals surface area contributed by atoms with E-state index in [0.29, 0.717) is 31.0 Å². The van der Waals surface area contributed by atoms with Crippen molar-refractivity contribution in [3.8, 4) is 5.75 Å². The zero-order chi connectivity index (χ0) is 18.1. The number of benzene rings is 1. The van der Waals surface area contributed by atoms with E-state index in [9.17, 15) is 9.59 Å². The molecule has 8 nitrogen and oxygen atoms in total. The van der Waals surface area contributed by atoms with Gasteiger partial charge >= 0.3 is 0 Å². The summed E-state index contributed by atoms with van der Waals surface area (Å²) >= 11 is 0. The van der Waals surface area contributed by atoms with Gasteiger partial charge in [-0.25, -0.2) is 0 Å². The fraction of sp³-hybridized carbons (Fsp3) is 0.389. The van der Waals surface area contributed by atoms with Gasteiger partial charge in [-0.15, -0.1) is 0 Å². The van der Waals surface area contributed by atoms with Gasteiger partial charge in [0.25, 0.3) is 5.91 Å². The minimum Gasteiger partial charge on any atom is -0.495 e. The maximum atomic E-state index is 12.8. The first-order valence-corrected chi connectivity index (χ1v) is 8.71. The van der Waals surface area contributed by atoms with Crippen LogP contribution in [0, 0.1) is 0 Å². The Labute approximate surface area is 150 Å². The summed E-state index contributed by atoms with van der Waals surface area (Å²) in [5.74, 6) is 0.192. The summed E-state index contributed by atoms with van der Waals surface area (Å²) in [4.78, 5) is 27.1. The number of carbonyl (C=O) groups is 2. The highest BCUT2D eigenvalue weighted by atomic mass is 16.5. The molecule has 0 bridgehead atoms. The minimum absolute atomic E-state index is 0.134. The van der Waals surface area contributed by atoms with E-state index < -0.39 is 6.04 Å². The second-order valence-electron chi connectivity index (χ2n) is 6.43. The van der Waals surface area contributed by atoms with Crippen LogP contribution < -0.4 is 20.3 Å². The fourth-order valence-corrected chi connectivity index (χ4v) is 3.55. The van der Waals surface area contributed by atoms with Crippen molar-refractivity contribution in [3.05, 3.63) is 41.2 Å². The summed E-state index contributed by atoms with van der Waals surface area (Å²) in [7, 11) is 1.58. The third-order valence-corrected chi connectivity index (χ3v) is 4.91. The Morgan fingerprint density at radius 1 is 1.38 bits per heavy atom. The number of aromatic nitrogens is 2. The van der Waals surface area contributed by atoms with Gasteiger partial charge in [0.2, 0.25) is 5.91 Å². The molecule has 1 aromatic heterocycles. The third kappa shape index (κ3) is 2.82. The first-order valence-electron chi connectivity index (χ1n) is 8.71. The van der Waals surface area contributed by atoms with Crippen molar-refractivity contribution in [2.24, 2.45) is 0 Å². The predicted molar refractivity (Wildman–Crippen MR) is 95.2 cm³/mol. The minimum atomic E-state index is -0.559. The Morgan fingerprint density at radius 3 is 3.08 bits per heavy atom. The number of H-pyrrole nitrogens is 1. The molecule has 0 radical (unpaired) electrons. The summed E-state index contributed by atoms with van der Waals surface area (Å²) in [5.41, 5.74) is 2.97. The average Bonchev–Trinajstić information content (AvgIpc) is 3.26. The number of amides is 2. The molecular formula is C18H21N5O3. The van der Waals surface area contributed by atoms with E-state index in [2.05, 4.69) is 20.8 Å². The first kappa shape index (κ1) is 16.6. The number of hydrogen-bond acceptors (Lipinski definition) is 5. The van der Waals surface area contributed by atoms with E-state index in [4.69, 9.17) is 4.74 Å². The van der Waals surface area contributed by atoms with Crippen LogP contribution in [0.1, 0.15) is 28.2 Å². The van der Waals surface area contributed by atoms with Crippen molar-refractivity contribution in [1.82, 2.24) is 20.8 Å². The quantitative estimate of drug-likeness (QED) is 0.746. The van der Waals surface area contributed by atoms with E-state index in [-0.39, 0.29) is 11.8 Å². The fourth-order valence-electron chi connectivity index (χ4n) is 3.55. The number of aromatic amines is 1. The molecular weight excluding hydrogens is 334 g/mol. The summed E-state index contributed by atoms with van der Waals surface area (Å²) in [6.07, 6.45) is 1.37. The maximum Gasteiger partial charge on any atom is 0.272 e. The highest BCUT2D eigenvalue weighted by Crippen LogP contribution is 2.31. The highest BCUT2D eigenvalue weighted by Gasteiger charge is 2.36. The second kappa shape index (κ2) is 6.80. The number of rotatable bonds is 4. The van der Waals surface area contributed by atoms with Crippen LogP contribution in [0.3, 0.4) is 0 Å². The molecule has 1 unspecified atom stereocenters. The lowest BCUT2D eigenvalue weighted by Gasteiger charge is -2.19. The van der Waals surface area contributed by atoms with Crippen LogP contribution in [0.5, 0.6) is 5.75 Å². The van der Waals surface area contributed by atoms with Crippen molar-refractivity contribution in [1.29, 1.82) is 0 Å². The number of nitrogens with one attached hydrogen (secondary N) is 3. The summed E-state index contributed by atoms with van der Waals surface area (Å²) in [5, 5.41) is 13.2. The van der Waals surface area contributed by atoms with Crippen molar-refractivity contribution in [2.75, 3.05) is 25.1 Å². The van der Waals surface area contributed by atoms with Gasteiger partial charge in [0, 0.05) is 37.3 Å². The highest BCUT2D eigenvalue weighted by molar-refractivity contribution is 6.04. The molecule has 1 atom stereocenters. The molecule has 136 valence electrons. The normalized spacial score (nSPS) is 19.3. The number of nitrogens with zero attached hydrogens (tertiary/aromatic N) is 2. The molecule has 1 fully saturated rings. The van der Waals surface area contributed by atoms with Crippen LogP contribution >= 0.6 is 0 Å². The molecule has 8 heteroatoms. The molecule has 0 aliphatic carbocycles. The molecule has 2 amide bonds. The molecule has 0 saturated carbocycles. The number of carbonyl (C=O) groups excluding carboxylic acids is 2. The number of anilines is 1. The van der Waals surface area contributed by atoms with Crippen molar-refractivity contribution >= 4 is 17.5 Å². The Kier molecular flexibility index (Phi) is 4.34. The van der Waals surface area contributed by atoms with Crippen molar-refractivity contribution in [2.45, 2.75) is 25.4 Å². The van der Waals surface area contributed by atoms with Crippen molar-refractivity contribution < 1.29 is 14.3 Å². The van der Waals surface area contributed by atoms with E-state index in [0.717, 1.165) is 29.9 Å². The lowest BCUT2D eigenvalue weighted by atomic mass is 10.1. The molecule has 4 rings (SSSR count). The van der Waals surface area contributed by atoms with Crippen molar-refractivity contribution in [3.63, 3.8) is 0 Å². The molecule has 2 aliphatic rings. The lowest BCUT2D eigenvalue weighted by Crippen LogP contribution is -2.42. The van der Waals surface area contributed by atoms with Gasteiger partial charge in [-0.2, -0.15) is 5.10 Å². The Morgan fingerprint density at radius 2 is 2.23 bits per heavy atom. The Bertz CT molecular complexity index is 847. The van der Waals surface area contributed by atoms with Gasteiger partial charge in [0.1, 0.15) is 11.8 Å². The van der Waals surface area contributed by atoms with Crippen LogP contribution in [0.2, 0.25) is 0 Å². The van der Waals surface area contributed by atoms with Gasteiger partial charge in [-0.3, -0.25) is 14.7 Å². The van der Waals surface area contributed by atoms with Gasteiger partial charge in [-0.1, -0.05) is 12.1 Å². The molecule has 1 saturated heterocycles. The lowest BCUT2D eigenvalue weighted by molar-refractivity contribution is -0.118. The largest absolute Gasteiger partial charge is 0.495 e. The van der Waals surface area contributed by atoms with E-state index in [1.54, 1.807) is 12.0 Å². The van der Waals surface area contributed by atoms with Gasteiger partial charge in [0.15, 0.2) is 5.69 Å². The number of fused-ring (bicyclic) bond motifs is 1. The predicted octanol–water partition coefficient (Wildman–Crippen LogP) is 0.599. The van der Waals surface area contributed by atoms with E-state index >= 15 is 0 Å². The number of hydrogen-bond donors (Lipinski definition) is 3. The topological polar surface area (TPSA) is 99.3 Å². The molecule has 0 spiro atoms. The van der Waals surface area contributed by atoms with Crippen LogP contribution in [0.4, 0.5) is 5.69 Å². The summed E-state index contributed by atoms with van der Waals surface area (Å²) < 4.78 is 5.34. The summed E-state index contributed by atoms with van der Waals surface area (Å²) in [6, 6.07) is 6.82. The standard InChI is InChI=1S/C18H21N5O3/c1-26-15-5-3-2-4-14(15)23-9-7-13(18(23)25)20-17(24)16-11-10-19-8-6-12(11)21-22-16/h2-5,13,19H,6-10H2,1H3,(H,20,24)(H,21,22). The molecule has 2 aromatic rings. The number of ether oxygens (including phenoxy) is 1. The molecule has 26 heavy (non-hydrogen) atoms. The Hall–Kier alpha value is -2.87. The van der Waals surface area contributed by atoms with Crippen LogP contribution in [0.25, 0.3) is 0 Å². The van der Waals surface area contributed by atoms with Crippen LogP contribution in [-0.2, 0) is 17.8 Å². The monoisotopic (exact) mass is 355 g/mol. The molecule has 1 aromatic carbocycles. The zero-order valence-corrected chi connectivity index (χ0v) is 14.5. The second-order valence-corrected chi connectivity index (χ2v) is 6.43. The Balaban J connectivity index is 1.49. The third-order valence-electron chi connectivity index (χ3n) is 4.91. The number of methoxy groups -OCH3 is 1. The SMILES string of the molecule is COc1ccccc1N1CCC(NC(=O)c2n[nH]c3c2CNCC3)C1=O. The zero-order valence-electron chi connectivity index (χ0n) is 14.5. The molecule has 2 aliphatic heterocycles. The smallest absolute Gasteiger partial charge is 0.272 e. The molecule has 3 heterocycles. The average molecular weight is 355 g/mol. The van der Waals surface area contributed by atoms with Gasteiger partial charge in [0.05, 0.1) is 12.8 Å². The van der Waals surface area contributed by atoms with Gasteiger partial charge < -0.3 is 20.3 Å². The first-order chi connectivity index (χ1) is 12.7. The number of para-hydroxylation sites is 2. The van der Waals surface area contributed by atoms with Crippen LogP contribution in [0.15, 0.2) is 24.3 Å². The molecule has 3 N–H and O–H groups in total. The van der Waals surface area contributed by atoms with E-state index in [1.807, 2.05) is 24.3 Å². The van der Waals surface area contributed by atoms with E-state index in [1.165, 1.54) is 0 Å². The maximum absolute atomic E-state index is 12.8.